The summed E-state index contributed by atoms with van der Waals surface area (Å²) in [5.41, 5.74) is 0.679. The second-order valence-corrected chi connectivity index (χ2v) is 6.04. The van der Waals surface area contributed by atoms with Crippen molar-refractivity contribution in [3.8, 4) is 5.75 Å². The van der Waals surface area contributed by atoms with Gasteiger partial charge in [-0.15, -0.1) is 0 Å². The zero-order valence-electron chi connectivity index (χ0n) is 13.9. The number of amides is 2. The molecule has 1 atom stereocenters. The van der Waals surface area contributed by atoms with Gasteiger partial charge in [0.15, 0.2) is 0 Å². The minimum atomic E-state index is -0.475. The molecule has 1 N–H and O–H groups in total. The molecule has 6 heteroatoms. The van der Waals surface area contributed by atoms with E-state index in [1.807, 2.05) is 13.8 Å². The normalized spacial score (nSPS) is 17.2. The SMILES string of the molecule is COc1ccc(NC(=O)[C@@H]2CCCN2C(=O)OCC(C)C)cc1. The van der Waals surface area contributed by atoms with Crippen molar-refractivity contribution >= 4 is 17.7 Å². The van der Waals surface area contributed by atoms with E-state index >= 15 is 0 Å². The standard InChI is InChI=1S/C17H24N2O4/c1-12(2)11-23-17(21)19-10-4-5-15(19)16(20)18-13-6-8-14(22-3)9-7-13/h6-9,12,15H,4-5,10-11H2,1-3H3,(H,18,20)/t15-/m0/s1. The van der Waals surface area contributed by atoms with Crippen LogP contribution in [0.5, 0.6) is 5.75 Å². The number of carbonyl (C=O) groups excluding carboxylic acids is 2. The lowest BCUT2D eigenvalue weighted by Gasteiger charge is -2.23. The Morgan fingerprint density at radius 1 is 1.30 bits per heavy atom. The van der Waals surface area contributed by atoms with Gasteiger partial charge in [-0.25, -0.2) is 4.79 Å². The first-order valence-electron chi connectivity index (χ1n) is 7.89. The van der Waals surface area contributed by atoms with E-state index in [1.165, 1.54) is 4.90 Å². The topological polar surface area (TPSA) is 67.9 Å². The molecular weight excluding hydrogens is 296 g/mol. The lowest BCUT2D eigenvalue weighted by molar-refractivity contribution is -0.120. The van der Waals surface area contributed by atoms with Crippen LogP contribution >= 0.6 is 0 Å². The summed E-state index contributed by atoms with van der Waals surface area (Å²) in [4.78, 5) is 26.1. The van der Waals surface area contributed by atoms with E-state index in [-0.39, 0.29) is 11.8 Å². The highest BCUT2D eigenvalue weighted by atomic mass is 16.6. The van der Waals surface area contributed by atoms with Gasteiger partial charge in [-0.05, 0) is 43.0 Å². The number of hydrogen-bond donors (Lipinski definition) is 1. The van der Waals surface area contributed by atoms with Crippen LogP contribution in [0.2, 0.25) is 0 Å². The predicted octanol–water partition coefficient (Wildman–Crippen LogP) is 2.89. The fraction of sp³-hybridized carbons (Fsp3) is 0.529. The Kier molecular flexibility index (Phi) is 5.84. The third kappa shape index (κ3) is 4.61. The molecule has 0 bridgehead atoms. The second kappa shape index (κ2) is 7.85. The summed E-state index contributed by atoms with van der Waals surface area (Å²) in [6.07, 6.45) is 1.04. The molecule has 1 fully saturated rings. The fourth-order valence-corrected chi connectivity index (χ4v) is 2.48. The highest BCUT2D eigenvalue weighted by Crippen LogP contribution is 2.21. The Morgan fingerprint density at radius 2 is 2.00 bits per heavy atom. The summed E-state index contributed by atoms with van der Waals surface area (Å²) in [6, 6.07) is 6.62. The molecule has 1 aliphatic heterocycles. The summed E-state index contributed by atoms with van der Waals surface area (Å²) in [5, 5.41) is 2.84. The van der Waals surface area contributed by atoms with Gasteiger partial charge in [0.1, 0.15) is 11.8 Å². The Balaban J connectivity index is 1.95. The van der Waals surface area contributed by atoms with Gasteiger partial charge in [0.2, 0.25) is 5.91 Å². The highest BCUT2D eigenvalue weighted by Gasteiger charge is 2.35. The third-order valence-electron chi connectivity index (χ3n) is 3.69. The van der Waals surface area contributed by atoms with Crippen molar-refractivity contribution in [1.29, 1.82) is 0 Å². The van der Waals surface area contributed by atoms with Crippen LogP contribution in [0.15, 0.2) is 24.3 Å². The van der Waals surface area contributed by atoms with Crippen LogP contribution in [-0.2, 0) is 9.53 Å². The first kappa shape index (κ1) is 17.1. The molecule has 0 saturated carbocycles. The van der Waals surface area contributed by atoms with E-state index in [4.69, 9.17) is 9.47 Å². The number of likely N-dealkylation sites (tertiary alicyclic amines) is 1. The summed E-state index contributed by atoms with van der Waals surface area (Å²) in [6.45, 7) is 4.87. The van der Waals surface area contributed by atoms with Crippen molar-refractivity contribution in [2.45, 2.75) is 32.7 Å². The fourth-order valence-electron chi connectivity index (χ4n) is 2.48. The average Bonchev–Trinajstić information content (AvgIpc) is 3.03. The molecule has 0 aromatic heterocycles. The molecule has 2 rings (SSSR count). The Morgan fingerprint density at radius 3 is 2.61 bits per heavy atom. The highest BCUT2D eigenvalue weighted by molar-refractivity contribution is 5.96. The molecule has 23 heavy (non-hydrogen) atoms. The molecule has 6 nitrogen and oxygen atoms in total. The summed E-state index contributed by atoms with van der Waals surface area (Å²) < 4.78 is 10.3. The molecule has 1 heterocycles. The van der Waals surface area contributed by atoms with E-state index in [0.717, 1.165) is 12.2 Å². The Labute approximate surface area is 136 Å². The number of nitrogens with one attached hydrogen (secondary N) is 1. The lowest BCUT2D eigenvalue weighted by atomic mass is 10.2. The van der Waals surface area contributed by atoms with Gasteiger partial charge in [-0.2, -0.15) is 0 Å². The molecule has 1 aliphatic rings. The minimum Gasteiger partial charge on any atom is -0.497 e. The zero-order valence-corrected chi connectivity index (χ0v) is 13.9. The second-order valence-electron chi connectivity index (χ2n) is 6.04. The first-order valence-corrected chi connectivity index (χ1v) is 7.89. The van der Waals surface area contributed by atoms with Crippen LogP contribution in [0.3, 0.4) is 0 Å². The summed E-state index contributed by atoms with van der Waals surface area (Å²) in [5.74, 6) is 0.810. The number of methoxy groups -OCH3 is 1. The molecule has 0 aliphatic carbocycles. The van der Waals surface area contributed by atoms with Gasteiger partial charge in [0.25, 0.3) is 0 Å². The maximum absolute atomic E-state index is 12.4. The number of ether oxygens (including phenoxy) is 2. The largest absolute Gasteiger partial charge is 0.497 e. The molecule has 1 aromatic carbocycles. The Bertz CT molecular complexity index is 542. The van der Waals surface area contributed by atoms with E-state index in [2.05, 4.69) is 5.32 Å². The van der Waals surface area contributed by atoms with Crippen molar-refractivity contribution in [3.05, 3.63) is 24.3 Å². The molecular formula is C17H24N2O4. The van der Waals surface area contributed by atoms with Crippen molar-refractivity contribution in [3.63, 3.8) is 0 Å². The van der Waals surface area contributed by atoms with Crippen LogP contribution < -0.4 is 10.1 Å². The number of carbonyl (C=O) groups is 2. The number of hydrogen-bond acceptors (Lipinski definition) is 4. The molecule has 1 aromatic rings. The van der Waals surface area contributed by atoms with E-state index in [9.17, 15) is 9.59 Å². The smallest absolute Gasteiger partial charge is 0.410 e. The van der Waals surface area contributed by atoms with Gasteiger partial charge in [-0.3, -0.25) is 9.69 Å². The summed E-state index contributed by atoms with van der Waals surface area (Å²) in [7, 11) is 1.59. The van der Waals surface area contributed by atoms with E-state index < -0.39 is 12.1 Å². The maximum Gasteiger partial charge on any atom is 0.410 e. The van der Waals surface area contributed by atoms with Gasteiger partial charge in [-0.1, -0.05) is 13.8 Å². The van der Waals surface area contributed by atoms with Crippen LogP contribution in [0, 0.1) is 5.92 Å². The Hall–Kier alpha value is -2.24. The molecule has 2 amide bonds. The van der Waals surface area contributed by atoms with Crippen molar-refractivity contribution in [1.82, 2.24) is 4.90 Å². The van der Waals surface area contributed by atoms with E-state index in [1.54, 1.807) is 31.4 Å². The van der Waals surface area contributed by atoms with Gasteiger partial charge >= 0.3 is 6.09 Å². The first-order chi connectivity index (χ1) is 11.0. The zero-order chi connectivity index (χ0) is 16.8. The predicted molar refractivity (Wildman–Crippen MR) is 87.5 cm³/mol. The van der Waals surface area contributed by atoms with Crippen LogP contribution in [-0.4, -0.2) is 43.2 Å². The third-order valence-corrected chi connectivity index (χ3v) is 3.69. The van der Waals surface area contributed by atoms with Crippen molar-refractivity contribution in [2.75, 3.05) is 25.6 Å². The quantitative estimate of drug-likeness (QED) is 0.906. The van der Waals surface area contributed by atoms with Gasteiger partial charge < -0.3 is 14.8 Å². The monoisotopic (exact) mass is 320 g/mol. The molecule has 0 radical (unpaired) electrons. The number of benzene rings is 1. The average molecular weight is 320 g/mol. The van der Waals surface area contributed by atoms with E-state index in [0.29, 0.717) is 25.3 Å². The van der Waals surface area contributed by atoms with Gasteiger partial charge in [0.05, 0.1) is 13.7 Å². The molecule has 0 unspecified atom stereocenters. The lowest BCUT2D eigenvalue weighted by Crippen LogP contribution is -2.43. The molecule has 0 spiro atoms. The number of rotatable bonds is 5. The van der Waals surface area contributed by atoms with Crippen LogP contribution in [0.1, 0.15) is 26.7 Å². The van der Waals surface area contributed by atoms with Crippen molar-refractivity contribution in [2.24, 2.45) is 5.92 Å². The minimum absolute atomic E-state index is 0.186. The number of nitrogens with zero attached hydrogens (tertiary/aromatic N) is 1. The maximum atomic E-state index is 12.4. The molecule has 126 valence electrons. The van der Waals surface area contributed by atoms with Crippen LogP contribution in [0.25, 0.3) is 0 Å². The summed E-state index contributed by atoms with van der Waals surface area (Å²) >= 11 is 0. The van der Waals surface area contributed by atoms with Gasteiger partial charge in [0, 0.05) is 12.2 Å². The van der Waals surface area contributed by atoms with Crippen molar-refractivity contribution < 1.29 is 19.1 Å². The van der Waals surface area contributed by atoms with Crippen LogP contribution in [0.4, 0.5) is 10.5 Å². The number of anilines is 1. The molecule has 1 saturated heterocycles.